The average Bonchev–Trinajstić information content (AvgIpc) is 3.41. The Hall–Kier alpha value is -2.81. The van der Waals surface area contributed by atoms with E-state index in [0.717, 1.165) is 32.2 Å². The summed E-state index contributed by atoms with van der Waals surface area (Å²) in [6.07, 6.45) is 0.520. The lowest BCUT2D eigenvalue weighted by atomic mass is 10.2. The van der Waals surface area contributed by atoms with Crippen molar-refractivity contribution in [2.24, 2.45) is 0 Å². The average molecular weight is 411 g/mol. The first-order valence-electron chi connectivity index (χ1n) is 8.80. The summed E-state index contributed by atoms with van der Waals surface area (Å²) in [5.74, 6) is 0. The summed E-state index contributed by atoms with van der Waals surface area (Å²) < 4.78 is 0. The number of aliphatic hydroxyl groups excluding tert-OH is 1. The summed E-state index contributed by atoms with van der Waals surface area (Å²) in [7, 11) is 0. The van der Waals surface area contributed by atoms with Crippen LogP contribution in [-0.2, 0) is 0 Å². The van der Waals surface area contributed by atoms with E-state index < -0.39 is 0 Å². The van der Waals surface area contributed by atoms with Crippen LogP contribution in [0.4, 0.5) is 10.5 Å². The second-order valence-electron chi connectivity index (χ2n) is 6.04. The van der Waals surface area contributed by atoms with Gasteiger partial charge in [0.1, 0.15) is 11.4 Å². The van der Waals surface area contributed by atoms with E-state index in [1.54, 1.807) is 22.7 Å². The number of benzene rings is 1. The van der Waals surface area contributed by atoms with E-state index in [2.05, 4.69) is 10.6 Å². The SMILES string of the molecule is O=C(NCCCO)Nc1ccc2nc(-c3cccs3)c(-c3cccs3)nc2c1. The van der Waals surface area contributed by atoms with Crippen LogP contribution in [0.5, 0.6) is 0 Å². The molecule has 0 fully saturated rings. The third-order valence-corrected chi connectivity index (χ3v) is 5.80. The number of aromatic nitrogens is 2. The molecule has 0 bridgehead atoms. The predicted octanol–water partition coefficient (Wildman–Crippen LogP) is 4.59. The lowest BCUT2D eigenvalue weighted by molar-refractivity contribution is 0.249. The van der Waals surface area contributed by atoms with Crippen molar-refractivity contribution >= 4 is 45.4 Å². The molecule has 3 N–H and O–H groups in total. The second-order valence-corrected chi connectivity index (χ2v) is 7.93. The first-order chi connectivity index (χ1) is 13.7. The van der Waals surface area contributed by atoms with Gasteiger partial charge in [0.25, 0.3) is 0 Å². The summed E-state index contributed by atoms with van der Waals surface area (Å²) in [5.41, 5.74) is 3.85. The quantitative estimate of drug-likeness (QED) is 0.406. The number of hydrogen-bond donors (Lipinski definition) is 3. The number of nitrogens with one attached hydrogen (secondary N) is 2. The minimum absolute atomic E-state index is 0.0456. The second kappa shape index (κ2) is 8.47. The Balaban J connectivity index is 1.69. The van der Waals surface area contributed by atoms with Crippen molar-refractivity contribution in [1.82, 2.24) is 15.3 Å². The van der Waals surface area contributed by atoms with E-state index in [1.807, 2.05) is 53.2 Å². The van der Waals surface area contributed by atoms with Crippen LogP contribution in [0.25, 0.3) is 32.2 Å². The number of anilines is 1. The molecule has 4 rings (SSSR count). The van der Waals surface area contributed by atoms with E-state index in [0.29, 0.717) is 18.7 Å². The first-order valence-corrected chi connectivity index (χ1v) is 10.6. The number of fused-ring (bicyclic) bond motifs is 1. The molecule has 0 aliphatic rings. The van der Waals surface area contributed by atoms with E-state index in [1.165, 1.54) is 0 Å². The minimum Gasteiger partial charge on any atom is -0.396 e. The molecule has 0 saturated carbocycles. The van der Waals surface area contributed by atoms with Gasteiger partial charge in [-0.3, -0.25) is 0 Å². The van der Waals surface area contributed by atoms with Crippen LogP contribution in [0.1, 0.15) is 6.42 Å². The van der Waals surface area contributed by atoms with Crippen LogP contribution in [-0.4, -0.2) is 34.3 Å². The fourth-order valence-electron chi connectivity index (χ4n) is 2.76. The fraction of sp³-hybridized carbons (Fsp3) is 0.150. The Labute approximate surface area is 169 Å². The van der Waals surface area contributed by atoms with Crippen molar-refractivity contribution in [1.29, 1.82) is 0 Å². The van der Waals surface area contributed by atoms with Crippen LogP contribution in [0.2, 0.25) is 0 Å². The van der Waals surface area contributed by atoms with Crippen molar-refractivity contribution in [3.05, 3.63) is 53.2 Å². The third kappa shape index (κ3) is 4.04. The van der Waals surface area contributed by atoms with E-state index in [4.69, 9.17) is 15.1 Å². The number of aliphatic hydroxyl groups is 1. The highest BCUT2D eigenvalue weighted by Crippen LogP contribution is 2.35. The molecule has 0 spiro atoms. The van der Waals surface area contributed by atoms with Gasteiger partial charge in [-0.05, 0) is 47.5 Å². The molecule has 0 unspecified atom stereocenters. The number of thiophene rings is 2. The zero-order valence-corrected chi connectivity index (χ0v) is 16.5. The van der Waals surface area contributed by atoms with Crippen molar-refractivity contribution < 1.29 is 9.90 Å². The van der Waals surface area contributed by atoms with E-state index >= 15 is 0 Å². The number of nitrogens with zero attached hydrogens (tertiary/aromatic N) is 2. The largest absolute Gasteiger partial charge is 0.396 e. The van der Waals surface area contributed by atoms with Gasteiger partial charge in [0.15, 0.2) is 0 Å². The maximum absolute atomic E-state index is 11.9. The molecule has 2 amide bonds. The van der Waals surface area contributed by atoms with Crippen LogP contribution in [0.15, 0.2) is 53.2 Å². The van der Waals surface area contributed by atoms with Gasteiger partial charge in [0, 0.05) is 18.8 Å². The normalized spacial score (nSPS) is 10.9. The lowest BCUT2D eigenvalue weighted by Crippen LogP contribution is -2.29. The zero-order valence-electron chi connectivity index (χ0n) is 14.9. The Kier molecular flexibility index (Phi) is 5.61. The Morgan fingerprint density at radius 3 is 2.25 bits per heavy atom. The van der Waals surface area contributed by atoms with Gasteiger partial charge in [0.2, 0.25) is 0 Å². The zero-order chi connectivity index (χ0) is 19.3. The molecule has 1 aromatic carbocycles. The van der Waals surface area contributed by atoms with E-state index in [-0.39, 0.29) is 12.6 Å². The number of carbonyl (C=O) groups excluding carboxylic acids is 1. The maximum atomic E-state index is 11.9. The summed E-state index contributed by atoms with van der Waals surface area (Å²) in [4.78, 5) is 23.8. The van der Waals surface area contributed by atoms with Gasteiger partial charge in [0.05, 0.1) is 20.8 Å². The summed E-state index contributed by atoms with van der Waals surface area (Å²) in [6, 6.07) is 13.3. The van der Waals surface area contributed by atoms with Gasteiger partial charge >= 0.3 is 6.03 Å². The molecule has 6 nitrogen and oxygen atoms in total. The standard InChI is InChI=1S/C20H18N4O2S2/c25-9-3-8-21-20(26)22-13-6-7-14-15(12-13)24-19(17-5-2-11-28-17)18(23-14)16-4-1-10-27-16/h1-2,4-7,10-12,25H,3,8-9H2,(H2,21,22,26). The number of carbonyl (C=O) groups is 1. The minimum atomic E-state index is -0.311. The smallest absolute Gasteiger partial charge is 0.319 e. The molecular formula is C20H18N4O2S2. The molecule has 142 valence electrons. The van der Waals surface area contributed by atoms with Crippen molar-refractivity contribution in [3.63, 3.8) is 0 Å². The highest BCUT2D eigenvalue weighted by atomic mass is 32.1. The highest BCUT2D eigenvalue weighted by molar-refractivity contribution is 7.14. The van der Waals surface area contributed by atoms with Gasteiger partial charge in [-0.1, -0.05) is 12.1 Å². The first kappa shape index (κ1) is 18.5. The van der Waals surface area contributed by atoms with Crippen LogP contribution < -0.4 is 10.6 Å². The molecule has 4 aromatic rings. The van der Waals surface area contributed by atoms with E-state index in [9.17, 15) is 4.79 Å². The van der Waals surface area contributed by atoms with Gasteiger partial charge in [-0.25, -0.2) is 14.8 Å². The molecule has 0 saturated heterocycles. The molecule has 8 heteroatoms. The fourth-order valence-corrected chi connectivity index (χ4v) is 4.19. The number of urea groups is 1. The van der Waals surface area contributed by atoms with Crippen LogP contribution >= 0.6 is 22.7 Å². The predicted molar refractivity (Wildman–Crippen MR) is 115 cm³/mol. The Bertz CT molecular complexity index is 1080. The molecule has 0 radical (unpaired) electrons. The third-order valence-electron chi connectivity index (χ3n) is 4.05. The number of hydrogen-bond acceptors (Lipinski definition) is 6. The molecule has 3 heterocycles. The van der Waals surface area contributed by atoms with Crippen LogP contribution in [0.3, 0.4) is 0 Å². The monoisotopic (exact) mass is 410 g/mol. The lowest BCUT2D eigenvalue weighted by Gasteiger charge is -2.10. The Morgan fingerprint density at radius 2 is 1.64 bits per heavy atom. The van der Waals surface area contributed by atoms with Gasteiger partial charge in [-0.2, -0.15) is 0 Å². The molecule has 3 aromatic heterocycles. The summed E-state index contributed by atoms with van der Waals surface area (Å²) in [5, 5.41) is 18.3. The topological polar surface area (TPSA) is 87.1 Å². The molecule has 0 atom stereocenters. The number of rotatable bonds is 6. The molecular weight excluding hydrogens is 392 g/mol. The maximum Gasteiger partial charge on any atom is 0.319 e. The number of amides is 2. The van der Waals surface area contributed by atoms with Crippen LogP contribution in [0, 0.1) is 0 Å². The summed E-state index contributed by atoms with van der Waals surface area (Å²) >= 11 is 3.26. The Morgan fingerprint density at radius 1 is 0.964 bits per heavy atom. The molecule has 0 aliphatic heterocycles. The summed E-state index contributed by atoms with van der Waals surface area (Å²) in [6.45, 7) is 0.465. The highest BCUT2D eigenvalue weighted by Gasteiger charge is 2.15. The van der Waals surface area contributed by atoms with Crippen molar-refractivity contribution in [3.8, 4) is 21.1 Å². The molecule has 28 heavy (non-hydrogen) atoms. The van der Waals surface area contributed by atoms with Crippen molar-refractivity contribution in [2.75, 3.05) is 18.5 Å². The molecule has 0 aliphatic carbocycles. The van der Waals surface area contributed by atoms with Gasteiger partial charge in [-0.15, -0.1) is 22.7 Å². The van der Waals surface area contributed by atoms with Crippen molar-refractivity contribution in [2.45, 2.75) is 6.42 Å². The van der Waals surface area contributed by atoms with Gasteiger partial charge < -0.3 is 15.7 Å².